The zero-order chi connectivity index (χ0) is 11.6. The highest BCUT2D eigenvalue weighted by Gasteiger charge is 2.07. The largest absolute Gasteiger partial charge is 0.330 e. The second kappa shape index (κ2) is 4.72. The van der Waals surface area contributed by atoms with Gasteiger partial charge in [-0.25, -0.2) is 4.79 Å². The molecule has 0 aliphatic heterocycles. The first-order valence-electron chi connectivity index (χ1n) is 4.16. The molecular formula is C9H11ClN2O2S. The first-order valence-corrected chi connectivity index (χ1v) is 5.52. The number of hydrogen-bond donors (Lipinski definition) is 0. The van der Waals surface area contributed by atoms with E-state index in [0.717, 1.165) is 4.57 Å². The molecule has 0 N–H and O–H groups in total. The minimum absolute atomic E-state index is 0.305. The molecule has 0 aliphatic carbocycles. The highest BCUT2D eigenvalue weighted by molar-refractivity contribution is 7.99. The van der Waals surface area contributed by atoms with Gasteiger partial charge in [-0.05, 0) is 0 Å². The maximum Gasteiger partial charge on any atom is 0.330 e. The summed E-state index contributed by atoms with van der Waals surface area (Å²) in [5, 5.41) is 0.468. The van der Waals surface area contributed by atoms with Gasteiger partial charge < -0.3 is 4.57 Å². The molecule has 6 heteroatoms. The molecule has 0 aliphatic rings. The summed E-state index contributed by atoms with van der Waals surface area (Å²) in [4.78, 5) is 23.5. The number of thioether (sulfide) groups is 1. The number of aromatic nitrogens is 2. The fraction of sp³-hybridized carbons (Fsp3) is 0.333. The normalized spacial score (nSPS) is 10.3. The topological polar surface area (TPSA) is 44.0 Å². The van der Waals surface area contributed by atoms with Crippen LogP contribution in [0.2, 0.25) is 0 Å². The Labute approximate surface area is 96.2 Å². The molecule has 0 bridgehead atoms. The van der Waals surface area contributed by atoms with Gasteiger partial charge in [-0.15, -0.1) is 11.8 Å². The van der Waals surface area contributed by atoms with Crippen LogP contribution >= 0.6 is 23.4 Å². The molecule has 1 heterocycles. The predicted molar refractivity (Wildman–Crippen MR) is 62.6 cm³/mol. The third-order valence-electron chi connectivity index (χ3n) is 1.80. The van der Waals surface area contributed by atoms with Crippen molar-refractivity contribution in [3.63, 3.8) is 0 Å². The van der Waals surface area contributed by atoms with Crippen LogP contribution < -0.4 is 11.2 Å². The summed E-state index contributed by atoms with van der Waals surface area (Å²) in [6.07, 6.45) is 1.51. The van der Waals surface area contributed by atoms with Gasteiger partial charge in [-0.1, -0.05) is 18.2 Å². The summed E-state index contributed by atoms with van der Waals surface area (Å²) >= 11 is 6.87. The second-order valence-electron chi connectivity index (χ2n) is 3.06. The van der Waals surface area contributed by atoms with Crippen molar-refractivity contribution >= 4 is 23.4 Å². The molecule has 0 radical (unpaired) electrons. The van der Waals surface area contributed by atoms with E-state index in [1.54, 1.807) is 7.05 Å². The van der Waals surface area contributed by atoms with E-state index < -0.39 is 0 Å². The van der Waals surface area contributed by atoms with Crippen LogP contribution in [0.5, 0.6) is 0 Å². The Hall–Kier alpha value is -0.940. The summed E-state index contributed by atoms with van der Waals surface area (Å²) in [6.45, 7) is 3.53. The van der Waals surface area contributed by atoms with Crippen LogP contribution in [-0.4, -0.2) is 14.9 Å². The predicted octanol–water partition coefficient (Wildman–Crippen LogP) is 0.929. The van der Waals surface area contributed by atoms with Gasteiger partial charge in [-0.2, -0.15) is 0 Å². The molecule has 0 atom stereocenters. The van der Waals surface area contributed by atoms with E-state index >= 15 is 0 Å². The molecule has 1 aromatic rings. The van der Waals surface area contributed by atoms with Crippen molar-refractivity contribution in [1.82, 2.24) is 9.13 Å². The Morgan fingerprint density at radius 2 is 2.13 bits per heavy atom. The van der Waals surface area contributed by atoms with Gasteiger partial charge in [0, 0.05) is 31.1 Å². The van der Waals surface area contributed by atoms with E-state index in [2.05, 4.69) is 6.58 Å². The van der Waals surface area contributed by atoms with Crippen LogP contribution in [0.4, 0.5) is 0 Å². The van der Waals surface area contributed by atoms with Crippen molar-refractivity contribution in [2.24, 2.45) is 14.1 Å². The summed E-state index contributed by atoms with van der Waals surface area (Å²) in [6, 6.07) is 0. The van der Waals surface area contributed by atoms with Crippen molar-refractivity contribution < 1.29 is 0 Å². The Morgan fingerprint density at radius 3 is 2.67 bits per heavy atom. The third-order valence-corrected chi connectivity index (χ3v) is 3.18. The fourth-order valence-corrected chi connectivity index (χ4v) is 2.00. The van der Waals surface area contributed by atoms with E-state index in [1.807, 2.05) is 0 Å². The van der Waals surface area contributed by atoms with Gasteiger partial charge in [-0.3, -0.25) is 9.36 Å². The molecule has 1 aromatic heterocycles. The number of hydrogen-bond acceptors (Lipinski definition) is 3. The summed E-state index contributed by atoms with van der Waals surface area (Å²) < 4.78 is 2.43. The molecule has 0 aromatic carbocycles. The highest BCUT2D eigenvalue weighted by atomic mass is 35.5. The SMILES string of the molecule is C=C(Cl)CSc1cn(C)c(=O)n(C)c1=O. The molecule has 82 valence electrons. The van der Waals surface area contributed by atoms with Crippen molar-refractivity contribution in [1.29, 1.82) is 0 Å². The quantitative estimate of drug-likeness (QED) is 0.746. The summed E-state index contributed by atoms with van der Waals surface area (Å²) in [5.74, 6) is 0.453. The lowest BCUT2D eigenvalue weighted by molar-refractivity contribution is 0.662. The van der Waals surface area contributed by atoms with E-state index in [0.29, 0.717) is 15.7 Å². The van der Waals surface area contributed by atoms with Gasteiger partial charge in [0.2, 0.25) is 0 Å². The average Bonchev–Trinajstić information content (AvgIpc) is 2.18. The second-order valence-corrected chi connectivity index (χ2v) is 4.61. The van der Waals surface area contributed by atoms with E-state index in [1.165, 1.54) is 29.6 Å². The first kappa shape index (κ1) is 12.1. The third kappa shape index (κ3) is 2.76. The van der Waals surface area contributed by atoms with Crippen molar-refractivity contribution in [2.75, 3.05) is 5.75 Å². The van der Waals surface area contributed by atoms with E-state index in [-0.39, 0.29) is 11.2 Å². The van der Waals surface area contributed by atoms with Crippen molar-refractivity contribution in [2.45, 2.75) is 4.90 Å². The van der Waals surface area contributed by atoms with Crippen molar-refractivity contribution in [3.8, 4) is 0 Å². The molecule has 15 heavy (non-hydrogen) atoms. The van der Waals surface area contributed by atoms with Gasteiger partial charge in [0.25, 0.3) is 5.56 Å². The van der Waals surface area contributed by atoms with Crippen LogP contribution in [0.3, 0.4) is 0 Å². The lowest BCUT2D eigenvalue weighted by atomic mass is 10.6. The Bertz CT molecular complexity index is 504. The average molecular weight is 247 g/mol. The monoisotopic (exact) mass is 246 g/mol. The lowest BCUT2D eigenvalue weighted by Crippen LogP contribution is -2.37. The van der Waals surface area contributed by atoms with Crippen LogP contribution in [0, 0.1) is 0 Å². The van der Waals surface area contributed by atoms with Gasteiger partial charge in [0.05, 0.1) is 4.90 Å². The maximum absolute atomic E-state index is 11.6. The van der Waals surface area contributed by atoms with Crippen LogP contribution in [-0.2, 0) is 14.1 Å². The first-order chi connectivity index (χ1) is 6.93. The fourth-order valence-electron chi connectivity index (χ4n) is 1.03. The van der Waals surface area contributed by atoms with Crippen LogP contribution in [0.15, 0.2) is 32.3 Å². The zero-order valence-electron chi connectivity index (χ0n) is 8.49. The molecule has 0 fully saturated rings. The number of halogens is 1. The molecule has 0 unspecified atom stereocenters. The highest BCUT2D eigenvalue weighted by Crippen LogP contribution is 2.16. The minimum Gasteiger partial charge on any atom is -0.302 e. The smallest absolute Gasteiger partial charge is 0.302 e. The molecule has 0 spiro atoms. The minimum atomic E-state index is -0.339. The van der Waals surface area contributed by atoms with Crippen LogP contribution in [0.25, 0.3) is 0 Å². The molecule has 1 rings (SSSR count). The lowest BCUT2D eigenvalue weighted by Gasteiger charge is -2.05. The standard InChI is InChI=1S/C9H11ClN2O2S/c1-6(10)5-15-7-4-11(2)9(14)12(3)8(7)13/h4H,1,5H2,2-3H3. The maximum atomic E-state index is 11.6. The zero-order valence-corrected chi connectivity index (χ0v) is 10.1. The molecular weight excluding hydrogens is 236 g/mol. The van der Waals surface area contributed by atoms with E-state index in [4.69, 9.17) is 11.6 Å². The molecule has 4 nitrogen and oxygen atoms in total. The molecule has 0 saturated carbocycles. The van der Waals surface area contributed by atoms with Crippen LogP contribution in [0.1, 0.15) is 0 Å². The number of nitrogens with zero attached hydrogens (tertiary/aromatic N) is 2. The van der Waals surface area contributed by atoms with Crippen molar-refractivity contribution in [3.05, 3.63) is 38.6 Å². The Morgan fingerprint density at radius 1 is 1.53 bits per heavy atom. The van der Waals surface area contributed by atoms with Gasteiger partial charge in [0.15, 0.2) is 0 Å². The number of rotatable bonds is 3. The van der Waals surface area contributed by atoms with Gasteiger partial charge >= 0.3 is 5.69 Å². The van der Waals surface area contributed by atoms with Gasteiger partial charge in [0.1, 0.15) is 0 Å². The molecule has 0 amide bonds. The van der Waals surface area contributed by atoms with E-state index in [9.17, 15) is 9.59 Å². The Balaban J connectivity index is 3.16. The number of aryl methyl sites for hydroxylation is 1. The Kier molecular flexibility index (Phi) is 3.82. The summed E-state index contributed by atoms with van der Waals surface area (Å²) in [7, 11) is 3.05. The molecule has 0 saturated heterocycles. The summed E-state index contributed by atoms with van der Waals surface area (Å²) in [5.41, 5.74) is -0.643.